The Bertz CT molecular complexity index is 555. The van der Waals surface area contributed by atoms with Gasteiger partial charge in [0.1, 0.15) is 0 Å². The summed E-state index contributed by atoms with van der Waals surface area (Å²) < 4.78 is 0. The van der Waals surface area contributed by atoms with Crippen molar-refractivity contribution >= 4 is 17.8 Å². The Hall–Kier alpha value is -2.18. The Kier molecular flexibility index (Phi) is 3.27. The van der Waals surface area contributed by atoms with Gasteiger partial charge in [0.05, 0.1) is 0 Å². The van der Waals surface area contributed by atoms with Crippen LogP contribution < -0.4 is 4.90 Å². The average Bonchev–Trinajstić information content (AvgIpc) is 3.20. The van der Waals surface area contributed by atoms with Crippen molar-refractivity contribution in [3.8, 4) is 0 Å². The summed E-state index contributed by atoms with van der Waals surface area (Å²) in [5, 5.41) is 16.7. The minimum atomic E-state index is -0.870. The Labute approximate surface area is 122 Å². The van der Waals surface area contributed by atoms with E-state index in [0.29, 0.717) is 18.9 Å². The number of carbonyl (C=O) groups is 2. The third-order valence-corrected chi connectivity index (χ3v) is 4.75. The Morgan fingerprint density at radius 1 is 1.43 bits per heavy atom. The van der Waals surface area contributed by atoms with E-state index in [9.17, 15) is 9.59 Å². The minimum Gasteiger partial charge on any atom is -0.465 e. The molecule has 1 N–H and O–H groups in total. The smallest absolute Gasteiger partial charge is 0.407 e. The van der Waals surface area contributed by atoms with E-state index >= 15 is 0 Å². The normalized spacial score (nSPS) is 22.9. The summed E-state index contributed by atoms with van der Waals surface area (Å²) >= 11 is 0. The molecule has 1 saturated heterocycles. The highest BCUT2D eigenvalue weighted by Crippen LogP contribution is 2.60. The maximum atomic E-state index is 12.5. The van der Waals surface area contributed by atoms with Crippen LogP contribution in [0.25, 0.3) is 0 Å². The molecule has 1 spiro atoms. The summed E-state index contributed by atoms with van der Waals surface area (Å²) in [4.78, 5) is 26.4. The number of carbonyl (C=O) groups excluding carboxylic acids is 1. The van der Waals surface area contributed by atoms with Crippen LogP contribution in [-0.4, -0.2) is 52.3 Å². The second-order valence-corrected chi connectivity index (χ2v) is 5.87. The van der Waals surface area contributed by atoms with Crippen LogP contribution in [0, 0.1) is 11.3 Å². The molecule has 21 heavy (non-hydrogen) atoms. The van der Waals surface area contributed by atoms with E-state index in [1.165, 1.54) is 4.90 Å². The fourth-order valence-corrected chi connectivity index (χ4v) is 3.21. The van der Waals surface area contributed by atoms with Gasteiger partial charge < -0.3 is 10.0 Å². The van der Waals surface area contributed by atoms with Crippen molar-refractivity contribution in [1.29, 1.82) is 0 Å². The summed E-state index contributed by atoms with van der Waals surface area (Å²) in [6, 6.07) is 3.51. The van der Waals surface area contributed by atoms with Crippen molar-refractivity contribution in [2.24, 2.45) is 11.3 Å². The molecule has 2 aliphatic rings. The first-order valence-corrected chi connectivity index (χ1v) is 7.07. The van der Waals surface area contributed by atoms with Crippen molar-refractivity contribution in [2.45, 2.75) is 19.3 Å². The molecule has 2 heterocycles. The molecule has 1 aromatic rings. The number of amides is 2. The SMILES string of the molecule is CN(C(=O)C1CC12CCN(C(=O)O)CC2)c1cccnn1. The lowest BCUT2D eigenvalue weighted by molar-refractivity contribution is -0.120. The maximum Gasteiger partial charge on any atom is 0.407 e. The van der Waals surface area contributed by atoms with E-state index in [4.69, 9.17) is 5.11 Å². The second kappa shape index (κ2) is 4.98. The number of hydrogen-bond donors (Lipinski definition) is 1. The molecule has 0 bridgehead atoms. The van der Waals surface area contributed by atoms with Crippen LogP contribution in [0.4, 0.5) is 10.6 Å². The van der Waals surface area contributed by atoms with Crippen LogP contribution >= 0.6 is 0 Å². The van der Waals surface area contributed by atoms with Crippen molar-refractivity contribution < 1.29 is 14.7 Å². The van der Waals surface area contributed by atoms with Gasteiger partial charge in [-0.05, 0) is 36.8 Å². The zero-order chi connectivity index (χ0) is 15.0. The lowest BCUT2D eigenvalue weighted by Crippen LogP contribution is -2.40. The molecule has 2 fully saturated rings. The summed E-state index contributed by atoms with van der Waals surface area (Å²) in [6.07, 6.45) is 3.09. The van der Waals surface area contributed by atoms with Gasteiger partial charge >= 0.3 is 6.09 Å². The van der Waals surface area contributed by atoms with Gasteiger partial charge in [0, 0.05) is 32.3 Å². The van der Waals surface area contributed by atoms with Gasteiger partial charge in [-0.2, -0.15) is 5.10 Å². The van der Waals surface area contributed by atoms with Crippen LogP contribution in [0.1, 0.15) is 19.3 Å². The summed E-state index contributed by atoms with van der Waals surface area (Å²) in [5.41, 5.74) is -0.000494. The number of aromatic nitrogens is 2. The fraction of sp³-hybridized carbons (Fsp3) is 0.571. The van der Waals surface area contributed by atoms with Gasteiger partial charge in [0.25, 0.3) is 0 Å². The zero-order valence-electron chi connectivity index (χ0n) is 11.9. The molecule has 7 nitrogen and oxygen atoms in total. The molecule has 7 heteroatoms. The first-order valence-electron chi connectivity index (χ1n) is 7.07. The number of likely N-dealkylation sites (tertiary alicyclic amines) is 1. The standard InChI is InChI=1S/C14H18N4O3/c1-17(11-3-2-6-15-16-11)12(19)10-9-14(10)4-7-18(8-5-14)13(20)21/h2-3,6,10H,4-5,7-9H2,1H3,(H,20,21). The molecule has 2 amide bonds. The van der Waals surface area contributed by atoms with Crippen molar-refractivity contribution in [1.82, 2.24) is 15.1 Å². The van der Waals surface area contributed by atoms with E-state index in [1.54, 1.807) is 30.3 Å². The van der Waals surface area contributed by atoms with Crippen LogP contribution in [0.5, 0.6) is 0 Å². The first-order chi connectivity index (χ1) is 10.0. The molecule has 0 aromatic carbocycles. The van der Waals surface area contributed by atoms with Gasteiger partial charge in [-0.3, -0.25) is 9.69 Å². The lowest BCUT2D eigenvalue weighted by Gasteiger charge is -2.31. The molecule has 1 atom stereocenters. The molecule has 1 saturated carbocycles. The number of carboxylic acid groups (broad SMARTS) is 1. The topological polar surface area (TPSA) is 86.6 Å². The third-order valence-electron chi connectivity index (χ3n) is 4.75. The van der Waals surface area contributed by atoms with Gasteiger partial charge in [-0.1, -0.05) is 0 Å². The fourth-order valence-electron chi connectivity index (χ4n) is 3.21. The monoisotopic (exact) mass is 290 g/mol. The molecule has 1 aliphatic heterocycles. The lowest BCUT2D eigenvalue weighted by atomic mass is 9.90. The first kappa shape index (κ1) is 13.8. The number of piperidine rings is 1. The largest absolute Gasteiger partial charge is 0.465 e. The van der Waals surface area contributed by atoms with E-state index in [1.807, 2.05) is 0 Å². The molecule has 1 aliphatic carbocycles. The van der Waals surface area contributed by atoms with Gasteiger partial charge in [-0.25, -0.2) is 4.79 Å². The summed E-state index contributed by atoms with van der Waals surface area (Å²) in [5.74, 6) is 0.590. The zero-order valence-corrected chi connectivity index (χ0v) is 11.9. The number of anilines is 1. The van der Waals surface area contributed by atoms with E-state index in [0.717, 1.165) is 19.3 Å². The van der Waals surface area contributed by atoms with Crippen molar-refractivity contribution in [2.75, 3.05) is 25.0 Å². The van der Waals surface area contributed by atoms with Crippen LogP contribution in [0.2, 0.25) is 0 Å². The highest BCUT2D eigenvalue weighted by Gasteiger charge is 2.59. The van der Waals surface area contributed by atoms with Gasteiger partial charge in [-0.15, -0.1) is 5.10 Å². The van der Waals surface area contributed by atoms with E-state index < -0.39 is 6.09 Å². The molecule has 3 rings (SSSR count). The molecular formula is C14H18N4O3. The number of nitrogens with zero attached hydrogens (tertiary/aromatic N) is 4. The molecular weight excluding hydrogens is 272 g/mol. The average molecular weight is 290 g/mol. The van der Waals surface area contributed by atoms with Gasteiger partial charge in [0.15, 0.2) is 5.82 Å². The third kappa shape index (κ3) is 2.43. The minimum absolute atomic E-state index is 0.000494. The Morgan fingerprint density at radius 2 is 2.14 bits per heavy atom. The highest BCUT2D eigenvalue weighted by atomic mass is 16.4. The summed E-state index contributed by atoms with van der Waals surface area (Å²) in [6.45, 7) is 1.04. The van der Waals surface area contributed by atoms with Crippen molar-refractivity contribution in [3.05, 3.63) is 18.3 Å². The van der Waals surface area contributed by atoms with E-state index in [2.05, 4.69) is 10.2 Å². The Morgan fingerprint density at radius 3 is 2.71 bits per heavy atom. The van der Waals surface area contributed by atoms with Crippen molar-refractivity contribution in [3.63, 3.8) is 0 Å². The maximum absolute atomic E-state index is 12.5. The molecule has 1 aromatic heterocycles. The Balaban J connectivity index is 1.63. The van der Waals surface area contributed by atoms with Crippen LogP contribution in [0.15, 0.2) is 18.3 Å². The summed E-state index contributed by atoms with van der Waals surface area (Å²) in [7, 11) is 1.71. The number of hydrogen-bond acceptors (Lipinski definition) is 4. The highest BCUT2D eigenvalue weighted by molar-refractivity contribution is 5.96. The van der Waals surface area contributed by atoms with E-state index in [-0.39, 0.29) is 17.2 Å². The number of rotatable bonds is 2. The van der Waals surface area contributed by atoms with Crippen LogP contribution in [0.3, 0.4) is 0 Å². The molecule has 1 unspecified atom stereocenters. The second-order valence-electron chi connectivity index (χ2n) is 5.87. The molecule has 0 radical (unpaired) electrons. The molecule has 112 valence electrons. The van der Waals surface area contributed by atoms with Crippen LogP contribution in [-0.2, 0) is 4.79 Å². The van der Waals surface area contributed by atoms with Gasteiger partial charge in [0.2, 0.25) is 5.91 Å². The quantitative estimate of drug-likeness (QED) is 0.885. The predicted octanol–water partition coefficient (Wildman–Crippen LogP) is 1.22. The predicted molar refractivity (Wildman–Crippen MR) is 74.8 cm³/mol.